The number of aliphatic hydroxyl groups excluding tert-OH is 1. The Hall–Kier alpha value is -1.03. The zero-order valence-electron chi connectivity index (χ0n) is 9.30. The molecule has 0 saturated carbocycles. The molecule has 0 fully saturated rings. The summed E-state index contributed by atoms with van der Waals surface area (Å²) in [4.78, 5) is 0. The lowest BCUT2D eigenvalue weighted by molar-refractivity contribution is -0.127. The van der Waals surface area contributed by atoms with E-state index in [0.29, 0.717) is 0 Å². The van der Waals surface area contributed by atoms with E-state index in [-0.39, 0.29) is 12.2 Å². The third-order valence-electron chi connectivity index (χ3n) is 2.51. The van der Waals surface area contributed by atoms with Crippen molar-refractivity contribution in [1.29, 1.82) is 0 Å². The third kappa shape index (κ3) is 3.52. The maximum Gasteiger partial charge on any atom is 0.393 e. The van der Waals surface area contributed by atoms with Crippen molar-refractivity contribution in [2.24, 2.45) is 0 Å². The van der Waals surface area contributed by atoms with E-state index < -0.39 is 18.0 Å². The minimum Gasteiger partial charge on any atom is -0.395 e. The molecule has 0 unspecified atom stereocenters. The van der Waals surface area contributed by atoms with E-state index >= 15 is 0 Å². The van der Waals surface area contributed by atoms with E-state index in [9.17, 15) is 13.2 Å². The van der Waals surface area contributed by atoms with Crippen molar-refractivity contribution in [3.8, 4) is 0 Å². The minimum absolute atomic E-state index is 0.0948. The Kier molecular flexibility index (Phi) is 3.63. The van der Waals surface area contributed by atoms with Gasteiger partial charge in [-0.1, -0.05) is 38.1 Å². The second-order valence-corrected chi connectivity index (χ2v) is 4.53. The highest BCUT2D eigenvalue weighted by molar-refractivity contribution is 5.29. The SMILES string of the molecule is CC(C)(CO)c1cccc(CC(F)(F)F)c1. The van der Waals surface area contributed by atoms with Gasteiger partial charge in [-0.3, -0.25) is 0 Å². The van der Waals surface area contributed by atoms with Crippen LogP contribution in [0.3, 0.4) is 0 Å². The summed E-state index contributed by atoms with van der Waals surface area (Å²) in [6.45, 7) is 3.49. The van der Waals surface area contributed by atoms with Gasteiger partial charge in [0.15, 0.2) is 0 Å². The molecule has 0 aliphatic heterocycles. The van der Waals surface area contributed by atoms with Crippen LogP contribution in [0.5, 0.6) is 0 Å². The second kappa shape index (κ2) is 4.45. The molecule has 1 rings (SSSR count). The standard InChI is InChI=1S/C12H15F3O/c1-11(2,8-16)10-5-3-4-9(6-10)7-12(13,14)15/h3-6,16H,7-8H2,1-2H3. The Balaban J connectivity index is 2.96. The molecule has 1 N–H and O–H groups in total. The number of alkyl halides is 3. The molecule has 1 aromatic carbocycles. The molecule has 1 aromatic rings. The van der Waals surface area contributed by atoms with E-state index in [1.54, 1.807) is 26.0 Å². The predicted molar refractivity (Wildman–Crippen MR) is 56.3 cm³/mol. The van der Waals surface area contributed by atoms with Crippen molar-refractivity contribution in [3.63, 3.8) is 0 Å². The van der Waals surface area contributed by atoms with Crippen LogP contribution in [-0.2, 0) is 11.8 Å². The van der Waals surface area contributed by atoms with Crippen molar-refractivity contribution in [1.82, 2.24) is 0 Å². The Morgan fingerprint density at radius 3 is 2.31 bits per heavy atom. The van der Waals surface area contributed by atoms with Gasteiger partial charge in [0.05, 0.1) is 13.0 Å². The Morgan fingerprint density at radius 2 is 1.81 bits per heavy atom. The van der Waals surface area contributed by atoms with Crippen molar-refractivity contribution < 1.29 is 18.3 Å². The van der Waals surface area contributed by atoms with Crippen molar-refractivity contribution in [3.05, 3.63) is 35.4 Å². The fourth-order valence-electron chi connectivity index (χ4n) is 1.42. The molecule has 0 radical (unpaired) electrons. The first kappa shape index (κ1) is 13.0. The summed E-state index contributed by atoms with van der Waals surface area (Å²) < 4.78 is 36.6. The molecule has 4 heteroatoms. The van der Waals surface area contributed by atoms with Crippen molar-refractivity contribution >= 4 is 0 Å². The normalized spacial score (nSPS) is 12.9. The van der Waals surface area contributed by atoms with Crippen LogP contribution in [0.25, 0.3) is 0 Å². The Bertz CT molecular complexity index is 356. The van der Waals surface area contributed by atoms with Crippen LogP contribution in [-0.4, -0.2) is 17.9 Å². The van der Waals surface area contributed by atoms with Crippen LogP contribution in [0.15, 0.2) is 24.3 Å². The summed E-state index contributed by atoms with van der Waals surface area (Å²) in [6.07, 6.45) is -5.12. The highest BCUT2D eigenvalue weighted by Crippen LogP contribution is 2.26. The molecule has 16 heavy (non-hydrogen) atoms. The van der Waals surface area contributed by atoms with Gasteiger partial charge in [0.25, 0.3) is 0 Å². The van der Waals surface area contributed by atoms with E-state index in [2.05, 4.69) is 0 Å². The number of rotatable bonds is 3. The Labute approximate surface area is 92.9 Å². The highest BCUT2D eigenvalue weighted by atomic mass is 19.4. The molecule has 1 nitrogen and oxygen atoms in total. The number of benzene rings is 1. The smallest absolute Gasteiger partial charge is 0.393 e. The number of hydrogen-bond donors (Lipinski definition) is 1. The van der Waals surface area contributed by atoms with Gasteiger partial charge in [-0.15, -0.1) is 0 Å². The summed E-state index contributed by atoms with van der Waals surface area (Å²) >= 11 is 0. The lowest BCUT2D eigenvalue weighted by atomic mass is 9.84. The molecule has 0 aliphatic rings. The minimum atomic E-state index is -4.19. The van der Waals surface area contributed by atoms with Crippen LogP contribution >= 0.6 is 0 Å². The van der Waals surface area contributed by atoms with E-state index in [0.717, 1.165) is 5.56 Å². The molecule has 0 aromatic heterocycles. The maximum atomic E-state index is 12.2. The average molecular weight is 232 g/mol. The fourth-order valence-corrected chi connectivity index (χ4v) is 1.42. The van der Waals surface area contributed by atoms with Gasteiger partial charge in [0, 0.05) is 5.41 Å². The lowest BCUT2D eigenvalue weighted by Gasteiger charge is -2.23. The predicted octanol–water partition coefficient (Wildman–Crippen LogP) is 3.06. The van der Waals surface area contributed by atoms with Crippen LogP contribution in [0.4, 0.5) is 13.2 Å². The largest absolute Gasteiger partial charge is 0.395 e. The van der Waals surface area contributed by atoms with Crippen molar-refractivity contribution in [2.75, 3.05) is 6.61 Å². The summed E-state index contributed by atoms with van der Waals surface area (Å²) in [6, 6.07) is 6.28. The molecule has 0 aliphatic carbocycles. The summed E-state index contributed by atoms with van der Waals surface area (Å²) in [5.41, 5.74) is 0.435. The molecule has 0 heterocycles. The van der Waals surface area contributed by atoms with Gasteiger partial charge in [0.1, 0.15) is 0 Å². The van der Waals surface area contributed by atoms with Crippen LogP contribution in [0.2, 0.25) is 0 Å². The fraction of sp³-hybridized carbons (Fsp3) is 0.500. The number of hydrogen-bond acceptors (Lipinski definition) is 1. The van der Waals surface area contributed by atoms with Crippen LogP contribution in [0.1, 0.15) is 25.0 Å². The Morgan fingerprint density at radius 1 is 1.19 bits per heavy atom. The zero-order valence-corrected chi connectivity index (χ0v) is 9.30. The molecule has 0 bridgehead atoms. The van der Waals surface area contributed by atoms with E-state index in [4.69, 9.17) is 5.11 Å². The molecule has 0 spiro atoms. The van der Waals surface area contributed by atoms with Crippen LogP contribution in [0, 0.1) is 0 Å². The topological polar surface area (TPSA) is 20.2 Å². The molecule has 0 atom stereocenters. The van der Waals surface area contributed by atoms with Gasteiger partial charge in [-0.05, 0) is 11.1 Å². The first-order valence-corrected chi connectivity index (χ1v) is 5.02. The number of aliphatic hydroxyl groups is 1. The van der Waals surface area contributed by atoms with Crippen LogP contribution < -0.4 is 0 Å². The molecular formula is C12H15F3O. The zero-order chi connectivity index (χ0) is 12.4. The van der Waals surface area contributed by atoms with Gasteiger partial charge in [-0.2, -0.15) is 13.2 Å². The molecular weight excluding hydrogens is 217 g/mol. The molecule has 90 valence electrons. The second-order valence-electron chi connectivity index (χ2n) is 4.53. The molecule has 0 saturated heterocycles. The summed E-state index contributed by atoms with van der Waals surface area (Å²) in [7, 11) is 0. The van der Waals surface area contributed by atoms with Gasteiger partial charge in [-0.25, -0.2) is 0 Å². The van der Waals surface area contributed by atoms with E-state index in [1.165, 1.54) is 12.1 Å². The summed E-state index contributed by atoms with van der Waals surface area (Å²) in [5, 5.41) is 9.15. The maximum absolute atomic E-state index is 12.2. The third-order valence-corrected chi connectivity index (χ3v) is 2.51. The van der Waals surface area contributed by atoms with Gasteiger partial charge >= 0.3 is 6.18 Å². The lowest BCUT2D eigenvalue weighted by Crippen LogP contribution is -2.22. The highest BCUT2D eigenvalue weighted by Gasteiger charge is 2.28. The molecule has 0 amide bonds. The summed E-state index contributed by atoms with van der Waals surface area (Å²) in [5.74, 6) is 0. The van der Waals surface area contributed by atoms with Gasteiger partial charge in [0.2, 0.25) is 0 Å². The van der Waals surface area contributed by atoms with Crippen molar-refractivity contribution in [2.45, 2.75) is 31.9 Å². The van der Waals surface area contributed by atoms with Gasteiger partial charge < -0.3 is 5.11 Å². The van der Waals surface area contributed by atoms with E-state index in [1.807, 2.05) is 0 Å². The monoisotopic (exact) mass is 232 g/mol. The first-order chi connectivity index (χ1) is 7.24. The average Bonchev–Trinajstić information content (AvgIpc) is 2.15. The quantitative estimate of drug-likeness (QED) is 0.849. The first-order valence-electron chi connectivity index (χ1n) is 5.02. The number of halogens is 3.